The average Bonchev–Trinajstić information content (AvgIpc) is 2.68. The molecule has 0 bridgehead atoms. The number of rotatable bonds is 3. The highest BCUT2D eigenvalue weighted by atomic mass is 35.5. The minimum atomic E-state index is -0.386. The smallest absolute Gasteiger partial charge is 0.312 e. The molecule has 0 aliphatic carbocycles. The number of halogens is 1. The second kappa shape index (κ2) is 8.70. The Balaban J connectivity index is 1.50. The summed E-state index contributed by atoms with van der Waals surface area (Å²) in [6, 6.07) is 7.69. The molecule has 2 aliphatic rings. The molecule has 2 amide bonds. The van der Waals surface area contributed by atoms with Gasteiger partial charge in [0.15, 0.2) is 0 Å². The third-order valence-corrected chi connectivity index (χ3v) is 5.26. The van der Waals surface area contributed by atoms with Crippen LogP contribution in [-0.4, -0.2) is 92.0 Å². The highest BCUT2D eigenvalue weighted by Crippen LogP contribution is 2.21. The van der Waals surface area contributed by atoms with Crippen molar-refractivity contribution in [2.75, 3.05) is 70.3 Å². The van der Waals surface area contributed by atoms with Gasteiger partial charge in [0, 0.05) is 76.2 Å². The van der Waals surface area contributed by atoms with Crippen molar-refractivity contribution in [2.45, 2.75) is 0 Å². The first-order valence-corrected chi connectivity index (χ1v) is 9.47. The lowest BCUT2D eigenvalue weighted by atomic mass is 10.2. The van der Waals surface area contributed by atoms with Crippen LogP contribution in [0, 0.1) is 0 Å². The molecule has 3 rings (SSSR count). The molecule has 2 heterocycles. The first kappa shape index (κ1) is 18.9. The summed E-state index contributed by atoms with van der Waals surface area (Å²) in [6.07, 6.45) is 0. The molecule has 142 valence electrons. The van der Waals surface area contributed by atoms with Gasteiger partial charge in [0.1, 0.15) is 0 Å². The third kappa shape index (κ3) is 4.47. The molecule has 2 fully saturated rings. The van der Waals surface area contributed by atoms with Crippen LogP contribution in [0.5, 0.6) is 0 Å². The number of carbonyl (C=O) groups excluding carboxylic acids is 2. The summed E-state index contributed by atoms with van der Waals surface area (Å²) < 4.78 is 0. The van der Waals surface area contributed by atoms with Crippen molar-refractivity contribution in [3.8, 4) is 0 Å². The predicted octanol–water partition coefficient (Wildman–Crippen LogP) is 0.0915. The van der Waals surface area contributed by atoms with E-state index in [1.807, 2.05) is 24.3 Å². The maximum absolute atomic E-state index is 12.6. The lowest BCUT2D eigenvalue weighted by molar-refractivity contribution is -0.153. The fourth-order valence-electron chi connectivity index (χ4n) is 3.47. The first-order valence-electron chi connectivity index (χ1n) is 9.09. The van der Waals surface area contributed by atoms with E-state index in [0.29, 0.717) is 50.8 Å². The van der Waals surface area contributed by atoms with Gasteiger partial charge in [-0.25, -0.2) is 0 Å². The molecule has 0 unspecified atom stereocenters. The van der Waals surface area contributed by atoms with E-state index in [1.54, 1.807) is 9.80 Å². The van der Waals surface area contributed by atoms with E-state index in [2.05, 4.69) is 9.80 Å². The quantitative estimate of drug-likeness (QED) is 0.754. The van der Waals surface area contributed by atoms with Gasteiger partial charge in [0.2, 0.25) is 0 Å². The highest BCUT2D eigenvalue weighted by molar-refractivity contribution is 6.35. The molecule has 8 heteroatoms. The lowest BCUT2D eigenvalue weighted by Crippen LogP contribution is -2.56. The van der Waals surface area contributed by atoms with Gasteiger partial charge in [-0.3, -0.25) is 14.5 Å². The number of hydrogen-bond donors (Lipinski definition) is 1. The molecular formula is C18H26ClN5O2. The Labute approximate surface area is 159 Å². The summed E-state index contributed by atoms with van der Waals surface area (Å²) in [5.74, 6) is -0.767. The summed E-state index contributed by atoms with van der Waals surface area (Å²) in [7, 11) is 0. The molecule has 2 saturated heterocycles. The van der Waals surface area contributed by atoms with Crippen molar-refractivity contribution in [3.05, 3.63) is 29.3 Å². The molecule has 0 saturated carbocycles. The van der Waals surface area contributed by atoms with Crippen LogP contribution < -0.4 is 10.6 Å². The Morgan fingerprint density at radius 1 is 0.923 bits per heavy atom. The Bertz CT molecular complexity index is 640. The topological polar surface area (TPSA) is 73.1 Å². The number of amides is 2. The fraction of sp³-hybridized carbons (Fsp3) is 0.556. The Morgan fingerprint density at radius 2 is 1.50 bits per heavy atom. The zero-order valence-corrected chi connectivity index (χ0v) is 15.7. The van der Waals surface area contributed by atoms with Crippen LogP contribution in [0.15, 0.2) is 24.3 Å². The second-order valence-electron chi connectivity index (χ2n) is 6.68. The van der Waals surface area contributed by atoms with Gasteiger partial charge < -0.3 is 20.4 Å². The fourth-order valence-corrected chi connectivity index (χ4v) is 3.65. The van der Waals surface area contributed by atoms with E-state index >= 15 is 0 Å². The molecule has 7 nitrogen and oxygen atoms in total. The van der Waals surface area contributed by atoms with Crippen molar-refractivity contribution in [1.82, 2.24) is 14.7 Å². The number of nitrogens with zero attached hydrogens (tertiary/aromatic N) is 4. The van der Waals surface area contributed by atoms with Gasteiger partial charge in [-0.15, -0.1) is 0 Å². The van der Waals surface area contributed by atoms with Crippen LogP contribution >= 0.6 is 11.6 Å². The van der Waals surface area contributed by atoms with Crippen LogP contribution in [0.25, 0.3) is 0 Å². The van der Waals surface area contributed by atoms with E-state index in [9.17, 15) is 9.59 Å². The summed E-state index contributed by atoms with van der Waals surface area (Å²) >= 11 is 6.05. The van der Waals surface area contributed by atoms with Crippen molar-refractivity contribution in [2.24, 2.45) is 5.73 Å². The molecular weight excluding hydrogens is 354 g/mol. The first-order chi connectivity index (χ1) is 12.6. The summed E-state index contributed by atoms with van der Waals surface area (Å²) in [5.41, 5.74) is 6.61. The average molecular weight is 380 g/mol. The third-order valence-electron chi connectivity index (χ3n) is 5.03. The summed E-state index contributed by atoms with van der Waals surface area (Å²) in [4.78, 5) is 32.8. The highest BCUT2D eigenvalue weighted by Gasteiger charge is 2.31. The minimum absolute atomic E-state index is 0.381. The Morgan fingerprint density at radius 3 is 2.04 bits per heavy atom. The molecule has 0 aromatic heterocycles. The summed E-state index contributed by atoms with van der Waals surface area (Å²) in [5, 5.41) is 0.699. The largest absolute Gasteiger partial charge is 0.368 e. The van der Waals surface area contributed by atoms with Crippen LogP contribution in [0.4, 0.5) is 5.69 Å². The van der Waals surface area contributed by atoms with Crippen LogP contribution in [0.2, 0.25) is 5.02 Å². The molecule has 2 aliphatic heterocycles. The van der Waals surface area contributed by atoms with E-state index < -0.39 is 0 Å². The maximum Gasteiger partial charge on any atom is 0.312 e. The van der Waals surface area contributed by atoms with Crippen molar-refractivity contribution >= 4 is 29.1 Å². The van der Waals surface area contributed by atoms with Gasteiger partial charge in [-0.05, 0) is 18.2 Å². The zero-order chi connectivity index (χ0) is 18.5. The van der Waals surface area contributed by atoms with Crippen LogP contribution in [0.3, 0.4) is 0 Å². The molecule has 0 atom stereocenters. The predicted molar refractivity (Wildman–Crippen MR) is 102 cm³/mol. The van der Waals surface area contributed by atoms with Crippen molar-refractivity contribution < 1.29 is 9.59 Å². The summed E-state index contributed by atoms with van der Waals surface area (Å²) in [6.45, 7) is 6.67. The van der Waals surface area contributed by atoms with Crippen LogP contribution in [-0.2, 0) is 9.59 Å². The Kier molecular flexibility index (Phi) is 6.34. The van der Waals surface area contributed by atoms with Gasteiger partial charge in [0.05, 0.1) is 0 Å². The molecule has 1 aromatic rings. The second-order valence-corrected chi connectivity index (χ2v) is 7.12. The van der Waals surface area contributed by atoms with Gasteiger partial charge in [0.25, 0.3) is 0 Å². The number of benzene rings is 1. The minimum Gasteiger partial charge on any atom is -0.368 e. The van der Waals surface area contributed by atoms with E-state index in [4.69, 9.17) is 17.3 Å². The van der Waals surface area contributed by atoms with Gasteiger partial charge in [-0.1, -0.05) is 17.7 Å². The Hall–Kier alpha value is -1.83. The molecule has 2 N–H and O–H groups in total. The maximum atomic E-state index is 12.6. The molecule has 0 spiro atoms. The lowest BCUT2D eigenvalue weighted by Gasteiger charge is -2.38. The van der Waals surface area contributed by atoms with Gasteiger partial charge in [-0.2, -0.15) is 0 Å². The normalized spacial score (nSPS) is 18.9. The molecule has 26 heavy (non-hydrogen) atoms. The van der Waals surface area contributed by atoms with E-state index in [-0.39, 0.29) is 11.8 Å². The van der Waals surface area contributed by atoms with Crippen molar-refractivity contribution in [1.29, 1.82) is 0 Å². The SMILES string of the molecule is NCCN1CCN(C(=O)C(=O)N2CCN(c3cccc(Cl)c3)CC2)CC1. The van der Waals surface area contributed by atoms with E-state index in [0.717, 1.165) is 25.3 Å². The zero-order valence-electron chi connectivity index (χ0n) is 14.9. The monoisotopic (exact) mass is 379 g/mol. The molecule has 1 aromatic carbocycles. The number of nitrogens with two attached hydrogens (primary N) is 1. The molecule has 0 radical (unpaired) electrons. The van der Waals surface area contributed by atoms with Crippen molar-refractivity contribution in [3.63, 3.8) is 0 Å². The van der Waals surface area contributed by atoms with E-state index in [1.165, 1.54) is 0 Å². The number of hydrogen-bond acceptors (Lipinski definition) is 5. The standard InChI is InChI=1S/C18H26ClN5O2/c19-15-2-1-3-16(14-15)22-10-12-24(13-11-22)18(26)17(25)23-8-6-21(5-4-20)7-9-23/h1-3,14H,4-13,20H2. The van der Waals surface area contributed by atoms with Gasteiger partial charge >= 0.3 is 11.8 Å². The number of anilines is 1. The number of carbonyl (C=O) groups is 2. The van der Waals surface area contributed by atoms with Crippen LogP contribution in [0.1, 0.15) is 0 Å². The number of piperazine rings is 2.